The van der Waals surface area contributed by atoms with E-state index in [0.29, 0.717) is 25.7 Å². The number of carbonyl (C=O) groups excluding carboxylic acids is 6. The summed E-state index contributed by atoms with van der Waals surface area (Å²) >= 11 is 0. The van der Waals surface area contributed by atoms with Crippen LogP contribution in [0.15, 0.2) is 0 Å². The van der Waals surface area contributed by atoms with Crippen LogP contribution in [-0.2, 0) is 28.8 Å². The second kappa shape index (κ2) is 8.34. The highest BCUT2D eigenvalue weighted by Gasteiger charge is 2.16. The molecule has 2 fully saturated rings. The molecule has 0 bridgehead atoms. The fourth-order valence-electron chi connectivity index (χ4n) is 1.02. The zero-order valence-electron chi connectivity index (χ0n) is 10.4. The Hall–Kier alpha value is -2.78. The number of rotatable bonds is 0. The molecule has 2 aliphatic heterocycles. The van der Waals surface area contributed by atoms with Gasteiger partial charge in [0, 0.05) is 25.7 Å². The van der Waals surface area contributed by atoms with E-state index in [0.717, 1.165) is 0 Å². The predicted molar refractivity (Wildman–Crippen MR) is 63.2 cm³/mol. The first-order chi connectivity index (χ1) is 9.22. The molecule has 0 aromatic carbocycles. The molecule has 110 valence electrons. The van der Waals surface area contributed by atoms with Crippen molar-refractivity contribution in [1.82, 2.24) is 10.6 Å². The van der Waals surface area contributed by atoms with E-state index >= 15 is 0 Å². The van der Waals surface area contributed by atoms with E-state index in [9.17, 15) is 28.8 Å². The van der Waals surface area contributed by atoms with Gasteiger partial charge in [0.05, 0.1) is 0 Å². The van der Waals surface area contributed by atoms with Crippen molar-refractivity contribution in [3.63, 3.8) is 0 Å². The van der Waals surface area contributed by atoms with E-state index in [1.807, 2.05) is 0 Å². The minimum atomic E-state index is -1.10. The van der Waals surface area contributed by atoms with Crippen molar-refractivity contribution in [2.45, 2.75) is 25.7 Å². The Labute approximate surface area is 113 Å². The van der Waals surface area contributed by atoms with Crippen LogP contribution < -0.4 is 22.1 Å². The molecule has 2 heterocycles. The van der Waals surface area contributed by atoms with Gasteiger partial charge in [-0.2, -0.15) is 0 Å². The van der Waals surface area contributed by atoms with E-state index in [4.69, 9.17) is 0 Å². The number of primary amides is 2. The van der Waals surface area contributed by atoms with Gasteiger partial charge >= 0.3 is 11.8 Å². The number of hydrogen-bond donors (Lipinski definition) is 4. The Bertz CT molecular complexity index is 389. The lowest BCUT2D eigenvalue weighted by atomic mass is 10.4. The van der Waals surface area contributed by atoms with Crippen LogP contribution in [0.5, 0.6) is 0 Å². The maximum atomic E-state index is 10.1. The first-order valence-corrected chi connectivity index (χ1v) is 5.47. The highest BCUT2D eigenvalue weighted by molar-refractivity contribution is 6.33. The summed E-state index contributed by atoms with van der Waals surface area (Å²) in [4.78, 5) is 59.4. The Morgan fingerprint density at radius 3 is 0.900 bits per heavy atom. The molecule has 0 aromatic rings. The third-order valence-electron chi connectivity index (χ3n) is 1.96. The lowest BCUT2D eigenvalue weighted by Gasteiger charge is -1.79. The van der Waals surface area contributed by atoms with E-state index in [1.165, 1.54) is 0 Å². The molecule has 2 rings (SSSR count). The van der Waals surface area contributed by atoms with Crippen LogP contribution in [0.3, 0.4) is 0 Å². The van der Waals surface area contributed by atoms with Crippen LogP contribution in [0.1, 0.15) is 25.7 Å². The smallest absolute Gasteiger partial charge is 0.306 e. The average Bonchev–Trinajstić information content (AvgIpc) is 2.89. The third kappa shape index (κ3) is 8.33. The molecule has 20 heavy (non-hydrogen) atoms. The molecular formula is C10H14N4O6. The highest BCUT2D eigenvalue weighted by Crippen LogP contribution is 1.96. The third-order valence-corrected chi connectivity index (χ3v) is 1.96. The van der Waals surface area contributed by atoms with E-state index in [1.54, 1.807) is 0 Å². The van der Waals surface area contributed by atoms with Gasteiger partial charge in [-0.3, -0.25) is 39.4 Å². The zero-order valence-corrected chi connectivity index (χ0v) is 10.4. The van der Waals surface area contributed by atoms with Gasteiger partial charge in [0.25, 0.3) is 0 Å². The van der Waals surface area contributed by atoms with Crippen LogP contribution >= 0.6 is 0 Å². The van der Waals surface area contributed by atoms with Crippen molar-refractivity contribution < 1.29 is 28.8 Å². The van der Waals surface area contributed by atoms with Gasteiger partial charge < -0.3 is 11.5 Å². The van der Waals surface area contributed by atoms with E-state index in [2.05, 4.69) is 22.1 Å². The highest BCUT2D eigenvalue weighted by atomic mass is 16.2. The topological polar surface area (TPSA) is 179 Å². The van der Waals surface area contributed by atoms with Gasteiger partial charge in [0.1, 0.15) is 0 Å². The number of hydrogen-bond acceptors (Lipinski definition) is 6. The first-order valence-electron chi connectivity index (χ1n) is 5.47. The Balaban J connectivity index is 0.000000272. The minimum absolute atomic E-state index is 0.148. The number of carbonyl (C=O) groups is 6. The van der Waals surface area contributed by atoms with E-state index in [-0.39, 0.29) is 23.6 Å². The molecule has 6 amide bonds. The largest absolute Gasteiger partial charge is 0.361 e. The van der Waals surface area contributed by atoms with Gasteiger partial charge in [-0.1, -0.05) is 0 Å². The van der Waals surface area contributed by atoms with E-state index < -0.39 is 11.8 Å². The second-order valence-electron chi connectivity index (χ2n) is 3.67. The van der Waals surface area contributed by atoms with Crippen molar-refractivity contribution in [2.24, 2.45) is 11.5 Å². The predicted octanol–water partition coefficient (Wildman–Crippen LogP) is -3.20. The summed E-state index contributed by atoms with van der Waals surface area (Å²) in [6, 6.07) is 0. The van der Waals surface area contributed by atoms with Crippen molar-refractivity contribution in [3.8, 4) is 0 Å². The Morgan fingerprint density at radius 2 is 0.850 bits per heavy atom. The van der Waals surface area contributed by atoms with Crippen LogP contribution in [0, 0.1) is 0 Å². The fraction of sp³-hybridized carbons (Fsp3) is 0.400. The number of nitrogens with one attached hydrogen (secondary N) is 2. The summed E-state index contributed by atoms with van der Waals surface area (Å²) in [5.41, 5.74) is 8.64. The molecule has 2 aliphatic rings. The molecule has 0 saturated carbocycles. The molecular weight excluding hydrogens is 272 g/mol. The molecule has 0 radical (unpaired) electrons. The monoisotopic (exact) mass is 286 g/mol. The summed E-state index contributed by atoms with van der Waals surface area (Å²) in [5.74, 6) is -2.80. The van der Waals surface area contributed by atoms with Crippen molar-refractivity contribution in [2.75, 3.05) is 0 Å². The van der Waals surface area contributed by atoms with Gasteiger partial charge in [0.2, 0.25) is 23.6 Å². The van der Waals surface area contributed by atoms with Crippen molar-refractivity contribution >= 4 is 35.4 Å². The molecule has 6 N–H and O–H groups in total. The summed E-state index contributed by atoms with van der Waals surface area (Å²) in [6.45, 7) is 0. The van der Waals surface area contributed by atoms with Crippen LogP contribution in [0.25, 0.3) is 0 Å². The SMILES string of the molecule is NC(=O)C(N)=O.O=C1CCC(=O)N1.O=C1CCC(=O)N1. The molecule has 0 aliphatic carbocycles. The number of amides is 6. The normalized spacial score (nSPS) is 16.2. The van der Waals surface area contributed by atoms with Gasteiger partial charge in [-0.05, 0) is 0 Å². The van der Waals surface area contributed by atoms with Crippen molar-refractivity contribution in [1.29, 1.82) is 0 Å². The molecule has 2 saturated heterocycles. The fourth-order valence-corrected chi connectivity index (χ4v) is 1.02. The van der Waals surface area contributed by atoms with Gasteiger partial charge in [-0.15, -0.1) is 0 Å². The Morgan fingerprint density at radius 1 is 0.650 bits per heavy atom. The van der Waals surface area contributed by atoms with Crippen LogP contribution in [-0.4, -0.2) is 35.4 Å². The lowest BCUT2D eigenvalue weighted by Crippen LogP contribution is -2.29. The summed E-state index contributed by atoms with van der Waals surface area (Å²) in [5, 5.41) is 4.28. The molecule has 0 unspecified atom stereocenters. The average molecular weight is 286 g/mol. The molecule has 0 aromatic heterocycles. The quantitative estimate of drug-likeness (QED) is 0.269. The Kier molecular flexibility index (Phi) is 7.18. The number of nitrogens with two attached hydrogens (primary N) is 2. The molecule has 10 nitrogen and oxygen atoms in total. The summed E-state index contributed by atoms with van der Waals surface area (Å²) in [7, 11) is 0. The maximum absolute atomic E-state index is 10.1. The van der Waals surface area contributed by atoms with Crippen LogP contribution in [0.2, 0.25) is 0 Å². The number of imide groups is 2. The molecule has 0 spiro atoms. The maximum Gasteiger partial charge on any atom is 0.306 e. The standard InChI is InChI=1S/2C4H5NO2.C2H4N2O2/c2*6-3-1-2-4(7)5-3;3-1(5)2(4)6/h2*1-2H2,(H,5,6,7);(H2,3,5)(H2,4,6). The molecule has 0 atom stereocenters. The first kappa shape index (κ1) is 17.2. The van der Waals surface area contributed by atoms with Gasteiger partial charge in [0.15, 0.2) is 0 Å². The summed E-state index contributed by atoms with van der Waals surface area (Å²) < 4.78 is 0. The van der Waals surface area contributed by atoms with Gasteiger partial charge in [-0.25, -0.2) is 0 Å². The second-order valence-corrected chi connectivity index (χ2v) is 3.67. The van der Waals surface area contributed by atoms with Crippen LogP contribution in [0.4, 0.5) is 0 Å². The lowest BCUT2D eigenvalue weighted by molar-refractivity contribution is -0.135. The zero-order chi connectivity index (χ0) is 15.7. The minimum Gasteiger partial charge on any atom is -0.361 e. The molecule has 10 heteroatoms. The van der Waals surface area contributed by atoms with Crippen molar-refractivity contribution in [3.05, 3.63) is 0 Å². The summed E-state index contributed by atoms with van der Waals surface area (Å²) in [6.07, 6.45) is 1.50.